The number of nitrogens with one attached hydrogen (secondary N) is 1. The fraction of sp³-hybridized carbons (Fsp3) is 0.526. The number of aromatic nitrogens is 6. The molecular formula is C19H31N8O13P. The Kier molecular flexibility index (Phi) is 10.8. The van der Waals surface area contributed by atoms with E-state index in [1.165, 1.54) is 23.2 Å². The van der Waals surface area contributed by atoms with Crippen molar-refractivity contribution < 1.29 is 54.6 Å². The van der Waals surface area contributed by atoms with Gasteiger partial charge in [0.05, 0.1) is 25.6 Å². The number of nitrogens with zero attached hydrogens (tertiary/aromatic N) is 5. The van der Waals surface area contributed by atoms with Crippen LogP contribution in [0, 0.1) is 0 Å². The highest BCUT2D eigenvalue weighted by Crippen LogP contribution is 2.49. The fourth-order valence-electron chi connectivity index (χ4n) is 4.35. The summed E-state index contributed by atoms with van der Waals surface area (Å²) in [6.45, 7) is -1.10. The van der Waals surface area contributed by atoms with Crippen molar-refractivity contribution in [3.05, 3.63) is 39.4 Å². The van der Waals surface area contributed by atoms with E-state index in [1.54, 1.807) is 0 Å². The molecule has 3 aromatic heterocycles. The van der Waals surface area contributed by atoms with Crippen LogP contribution in [-0.4, -0.2) is 98.2 Å². The fourth-order valence-corrected chi connectivity index (χ4v) is 5.31. The highest BCUT2D eigenvalue weighted by molar-refractivity contribution is 7.47. The Morgan fingerprint density at radius 1 is 1.10 bits per heavy atom. The minimum absolute atomic E-state index is 0. The predicted molar refractivity (Wildman–Crippen MR) is 137 cm³/mol. The number of ether oxygens (including phenoxy) is 2. The van der Waals surface area contributed by atoms with E-state index < -0.39 is 69.2 Å². The number of fused-ring (bicyclic) bond motifs is 1. The number of hydrogen-bond donors (Lipinski definition) is 6. The lowest BCUT2D eigenvalue weighted by atomic mass is 10.2. The third kappa shape index (κ3) is 6.94. The van der Waals surface area contributed by atoms with Crippen molar-refractivity contribution in [2.45, 2.75) is 49.7 Å². The van der Waals surface area contributed by atoms with Gasteiger partial charge in [0.15, 0.2) is 11.2 Å². The molecule has 0 bridgehead atoms. The van der Waals surface area contributed by atoms with Gasteiger partial charge in [-0.05, 0) is 6.07 Å². The van der Waals surface area contributed by atoms with E-state index in [2.05, 4.69) is 19.9 Å². The second kappa shape index (κ2) is 13.1. The molecule has 21 nitrogen and oxygen atoms in total. The van der Waals surface area contributed by atoms with E-state index in [0.29, 0.717) is 0 Å². The number of phosphoric acid groups is 1. The first-order valence-corrected chi connectivity index (χ1v) is 12.9. The smallest absolute Gasteiger partial charge is 0.412 e. The molecule has 2 aliphatic heterocycles. The van der Waals surface area contributed by atoms with Crippen molar-refractivity contribution in [3.63, 3.8) is 0 Å². The highest BCUT2D eigenvalue weighted by Gasteiger charge is 2.43. The lowest BCUT2D eigenvalue weighted by Crippen LogP contribution is -2.29. The molecule has 3 aromatic rings. The quantitative estimate of drug-likeness (QED) is 0.131. The van der Waals surface area contributed by atoms with Crippen molar-refractivity contribution in [2.24, 2.45) is 0 Å². The molecule has 2 saturated heterocycles. The number of H-pyrrole nitrogens is 1. The first kappa shape index (κ1) is 33.9. The number of hydrogen-bond acceptors (Lipinski definition) is 14. The molecule has 230 valence electrons. The summed E-state index contributed by atoms with van der Waals surface area (Å²) >= 11 is 0. The van der Waals surface area contributed by atoms with E-state index in [0.717, 1.165) is 4.57 Å². The third-order valence-corrected chi connectivity index (χ3v) is 7.17. The molecule has 5 rings (SSSR count). The van der Waals surface area contributed by atoms with Gasteiger partial charge >= 0.3 is 13.5 Å². The lowest BCUT2D eigenvalue weighted by molar-refractivity contribution is -0.0564. The molecule has 2 fully saturated rings. The second-order valence-corrected chi connectivity index (χ2v) is 10.1. The van der Waals surface area contributed by atoms with Gasteiger partial charge in [0, 0.05) is 19.0 Å². The summed E-state index contributed by atoms with van der Waals surface area (Å²) in [6.07, 6.45) is -3.42. The van der Waals surface area contributed by atoms with Gasteiger partial charge in [-0.1, -0.05) is 0 Å². The Morgan fingerprint density at radius 2 is 1.78 bits per heavy atom. The Morgan fingerprint density at radius 3 is 2.46 bits per heavy atom. The van der Waals surface area contributed by atoms with Crippen molar-refractivity contribution >= 4 is 30.8 Å². The molecule has 2 aliphatic rings. The Balaban J connectivity index is 0.00000196. The van der Waals surface area contributed by atoms with Gasteiger partial charge in [0.1, 0.15) is 36.6 Å². The summed E-state index contributed by atoms with van der Waals surface area (Å²) in [5.41, 5.74) is 10.0. The summed E-state index contributed by atoms with van der Waals surface area (Å²) in [5.74, 6) is -0.115. The molecule has 22 heteroatoms. The van der Waals surface area contributed by atoms with Crippen LogP contribution in [0.3, 0.4) is 0 Å². The summed E-state index contributed by atoms with van der Waals surface area (Å²) in [4.78, 5) is 48.4. The van der Waals surface area contributed by atoms with Crippen LogP contribution in [0.5, 0.6) is 0 Å². The number of phosphoric ester groups is 1. The third-order valence-electron chi connectivity index (χ3n) is 6.16. The lowest BCUT2D eigenvalue weighted by Gasteiger charge is -2.21. The molecule has 1 unspecified atom stereocenters. The van der Waals surface area contributed by atoms with Crippen LogP contribution in [-0.2, 0) is 23.1 Å². The number of anilines is 2. The molecule has 7 atom stereocenters. The van der Waals surface area contributed by atoms with Gasteiger partial charge in [-0.3, -0.25) is 28.0 Å². The first-order chi connectivity index (χ1) is 18.0. The SMILES string of the molecule is Nc1ccn([C@H]2C[C@H](OP(=O)(O)OC[C@H]3O[C@@H](n4cnc5c(=O)[nH]c(N)nc54)C[C@@H]3O)[C@@H](CO)O2)c(=O)n1.O.O.O. The normalized spacial score (nSPS) is 27.0. The van der Waals surface area contributed by atoms with Crippen LogP contribution in [0.2, 0.25) is 0 Å². The molecule has 5 heterocycles. The molecule has 41 heavy (non-hydrogen) atoms. The zero-order valence-electron chi connectivity index (χ0n) is 21.1. The molecule has 0 spiro atoms. The van der Waals surface area contributed by atoms with E-state index >= 15 is 0 Å². The Hall–Kier alpha value is -3.34. The Bertz CT molecular complexity index is 1500. The Labute approximate surface area is 228 Å². The van der Waals surface area contributed by atoms with Gasteiger partial charge in [0.2, 0.25) is 5.95 Å². The number of aromatic amines is 1. The summed E-state index contributed by atoms with van der Waals surface area (Å²) in [5, 5.41) is 20.1. The standard InChI is InChI=1S/C19H25N8O10P.3H2O/c20-12-1-2-26(19(31)23-12)14-4-9(10(5-28)35-14)37-38(32,33)34-6-11-8(29)3-13(36-11)27-7-22-15-16(27)24-18(21)25-17(15)30;;;/h1-2,7-11,13-14,28-29H,3-6H2,(H,32,33)(H2,20,23,31)(H3,21,24,25,30);3*1H2/t8-,9-,10+,11+,13+,14+;;;/m0.../s1. The highest BCUT2D eigenvalue weighted by atomic mass is 31.2. The van der Waals surface area contributed by atoms with Crippen molar-refractivity contribution in [2.75, 3.05) is 24.7 Å². The number of nitrogen functional groups attached to an aromatic ring is 2. The monoisotopic (exact) mass is 610 g/mol. The van der Waals surface area contributed by atoms with Gasteiger partial charge in [0.25, 0.3) is 5.56 Å². The van der Waals surface area contributed by atoms with Gasteiger partial charge < -0.3 is 52.5 Å². The summed E-state index contributed by atoms with van der Waals surface area (Å²) in [7, 11) is -4.74. The van der Waals surface area contributed by atoms with Crippen LogP contribution >= 0.6 is 7.82 Å². The number of rotatable bonds is 8. The van der Waals surface area contributed by atoms with Crippen LogP contribution in [0.1, 0.15) is 25.3 Å². The van der Waals surface area contributed by atoms with Crippen LogP contribution in [0.15, 0.2) is 28.2 Å². The number of nitrogens with two attached hydrogens (primary N) is 2. The van der Waals surface area contributed by atoms with E-state index in [4.69, 9.17) is 30.0 Å². The predicted octanol–water partition coefficient (Wildman–Crippen LogP) is -4.50. The van der Waals surface area contributed by atoms with Crippen molar-refractivity contribution in [1.82, 2.24) is 29.1 Å². The minimum Gasteiger partial charge on any atom is -0.412 e. The van der Waals surface area contributed by atoms with Crippen LogP contribution in [0.4, 0.5) is 11.8 Å². The largest absolute Gasteiger partial charge is 0.472 e. The zero-order chi connectivity index (χ0) is 27.2. The van der Waals surface area contributed by atoms with Gasteiger partial charge in [-0.2, -0.15) is 9.97 Å². The number of imidazole rings is 1. The van der Waals surface area contributed by atoms with Crippen molar-refractivity contribution in [3.8, 4) is 0 Å². The summed E-state index contributed by atoms with van der Waals surface area (Å²) in [6, 6.07) is 1.38. The number of aliphatic hydroxyl groups excluding tert-OH is 2. The maximum Gasteiger partial charge on any atom is 0.472 e. The maximum absolute atomic E-state index is 12.7. The van der Waals surface area contributed by atoms with Gasteiger partial charge in [-0.15, -0.1) is 0 Å². The summed E-state index contributed by atoms with van der Waals surface area (Å²) < 4.78 is 36.8. The molecule has 0 aromatic carbocycles. The van der Waals surface area contributed by atoms with Crippen LogP contribution < -0.4 is 22.7 Å². The zero-order valence-corrected chi connectivity index (χ0v) is 22.0. The van der Waals surface area contributed by atoms with Gasteiger partial charge in [-0.25, -0.2) is 14.3 Å². The molecular weight excluding hydrogens is 579 g/mol. The average Bonchev–Trinajstić information content (AvgIpc) is 3.54. The van der Waals surface area contributed by atoms with Crippen molar-refractivity contribution in [1.29, 1.82) is 0 Å². The van der Waals surface area contributed by atoms with Crippen LogP contribution in [0.25, 0.3) is 11.2 Å². The van der Waals surface area contributed by atoms with E-state index in [9.17, 15) is 29.3 Å². The molecule has 0 amide bonds. The maximum atomic E-state index is 12.7. The first-order valence-electron chi connectivity index (χ1n) is 11.4. The second-order valence-electron chi connectivity index (χ2n) is 8.71. The molecule has 0 radical (unpaired) electrons. The minimum atomic E-state index is -4.74. The van der Waals surface area contributed by atoms with E-state index in [1.807, 2.05) is 0 Å². The number of aliphatic hydroxyl groups is 2. The average molecular weight is 610 g/mol. The molecule has 0 aliphatic carbocycles. The molecule has 0 saturated carbocycles. The topological polar surface area (TPSA) is 360 Å². The van der Waals surface area contributed by atoms with E-state index in [-0.39, 0.29) is 52.2 Å². The molecule has 14 N–H and O–H groups in total.